The van der Waals surface area contributed by atoms with Crippen molar-refractivity contribution in [2.45, 2.75) is 0 Å². The Kier molecular flexibility index (Phi) is 4.77. The SMILES string of the molecule is CN(C)c1cncc(-c2cc3c(-c4nc5c(-c6cccc(F)c6)nccc5[nH]4)n[nH]c3cc2F)c1. The molecule has 0 aliphatic heterocycles. The number of benzene rings is 2. The van der Waals surface area contributed by atoms with Gasteiger partial charge in [-0.3, -0.25) is 15.1 Å². The van der Waals surface area contributed by atoms with E-state index in [1.54, 1.807) is 42.9 Å². The molecule has 7 nitrogen and oxygen atoms in total. The minimum Gasteiger partial charge on any atom is -0.376 e. The molecule has 2 aromatic carbocycles. The molecular formula is C26H19F2N7. The van der Waals surface area contributed by atoms with E-state index in [1.807, 2.05) is 25.1 Å². The third-order valence-electron chi connectivity index (χ3n) is 5.92. The number of pyridine rings is 2. The number of hydrogen-bond acceptors (Lipinski definition) is 5. The van der Waals surface area contributed by atoms with E-state index in [0.717, 1.165) is 11.2 Å². The predicted octanol–water partition coefficient (Wildman–Crippen LogP) is 5.57. The fourth-order valence-electron chi connectivity index (χ4n) is 4.15. The van der Waals surface area contributed by atoms with Gasteiger partial charge in [-0.2, -0.15) is 5.10 Å². The molecule has 0 aliphatic carbocycles. The molecule has 0 radical (unpaired) electrons. The quantitative estimate of drug-likeness (QED) is 0.354. The van der Waals surface area contributed by atoms with Crippen molar-refractivity contribution in [3.8, 4) is 33.9 Å². The number of aromatic amines is 2. The highest BCUT2D eigenvalue weighted by atomic mass is 19.1. The fourth-order valence-corrected chi connectivity index (χ4v) is 4.15. The first-order chi connectivity index (χ1) is 17.0. The Morgan fingerprint density at radius 2 is 1.77 bits per heavy atom. The molecule has 4 aromatic heterocycles. The summed E-state index contributed by atoms with van der Waals surface area (Å²) >= 11 is 0. The van der Waals surface area contributed by atoms with E-state index >= 15 is 4.39 Å². The molecule has 9 heteroatoms. The van der Waals surface area contributed by atoms with Crippen LogP contribution in [0.3, 0.4) is 0 Å². The highest BCUT2D eigenvalue weighted by molar-refractivity contribution is 5.97. The first-order valence-electron chi connectivity index (χ1n) is 10.9. The number of anilines is 1. The summed E-state index contributed by atoms with van der Waals surface area (Å²) in [6.45, 7) is 0. The van der Waals surface area contributed by atoms with Gasteiger partial charge in [-0.05, 0) is 30.3 Å². The molecule has 0 fully saturated rings. The number of rotatable bonds is 4. The lowest BCUT2D eigenvalue weighted by Gasteiger charge is -2.13. The van der Waals surface area contributed by atoms with E-state index in [1.165, 1.54) is 18.2 Å². The lowest BCUT2D eigenvalue weighted by Crippen LogP contribution is -2.08. The van der Waals surface area contributed by atoms with Crippen molar-refractivity contribution in [2.75, 3.05) is 19.0 Å². The van der Waals surface area contributed by atoms with Gasteiger partial charge in [-0.1, -0.05) is 12.1 Å². The molecular weight excluding hydrogens is 448 g/mol. The fraction of sp³-hybridized carbons (Fsp3) is 0.0769. The minimum absolute atomic E-state index is 0.349. The predicted molar refractivity (Wildman–Crippen MR) is 132 cm³/mol. The van der Waals surface area contributed by atoms with Crippen molar-refractivity contribution >= 4 is 27.6 Å². The van der Waals surface area contributed by atoms with E-state index in [0.29, 0.717) is 50.3 Å². The molecule has 35 heavy (non-hydrogen) atoms. The van der Waals surface area contributed by atoms with Crippen LogP contribution in [0.5, 0.6) is 0 Å². The number of halogens is 2. The van der Waals surface area contributed by atoms with Crippen LogP contribution in [0.25, 0.3) is 55.8 Å². The number of nitrogens with one attached hydrogen (secondary N) is 2. The molecule has 6 aromatic rings. The van der Waals surface area contributed by atoms with Gasteiger partial charge in [-0.25, -0.2) is 13.8 Å². The Labute approximate surface area is 198 Å². The summed E-state index contributed by atoms with van der Waals surface area (Å²) in [5.41, 5.74) is 5.52. The van der Waals surface area contributed by atoms with Crippen molar-refractivity contribution in [2.24, 2.45) is 0 Å². The summed E-state index contributed by atoms with van der Waals surface area (Å²) in [6.07, 6.45) is 5.00. The first kappa shape index (κ1) is 20.9. The molecule has 0 spiro atoms. The van der Waals surface area contributed by atoms with Crippen LogP contribution in [-0.2, 0) is 0 Å². The van der Waals surface area contributed by atoms with Crippen molar-refractivity contribution in [1.82, 2.24) is 30.1 Å². The zero-order valence-corrected chi connectivity index (χ0v) is 18.8. The van der Waals surface area contributed by atoms with Crippen molar-refractivity contribution < 1.29 is 8.78 Å². The molecule has 0 amide bonds. The normalized spacial score (nSPS) is 11.4. The second kappa shape index (κ2) is 7.98. The maximum absolute atomic E-state index is 15.0. The van der Waals surface area contributed by atoms with Crippen LogP contribution in [0.2, 0.25) is 0 Å². The topological polar surface area (TPSA) is 86.4 Å². The lowest BCUT2D eigenvalue weighted by atomic mass is 10.0. The average Bonchev–Trinajstić information content (AvgIpc) is 3.47. The van der Waals surface area contributed by atoms with E-state index in [4.69, 9.17) is 4.98 Å². The zero-order valence-electron chi connectivity index (χ0n) is 18.8. The molecule has 0 aliphatic rings. The van der Waals surface area contributed by atoms with Crippen molar-refractivity contribution in [3.63, 3.8) is 0 Å². The monoisotopic (exact) mass is 467 g/mol. The van der Waals surface area contributed by atoms with Crippen LogP contribution in [0.1, 0.15) is 0 Å². The molecule has 0 saturated carbocycles. The average molecular weight is 467 g/mol. The van der Waals surface area contributed by atoms with Gasteiger partial charge in [0, 0.05) is 54.6 Å². The van der Waals surface area contributed by atoms with Gasteiger partial charge in [-0.15, -0.1) is 0 Å². The Morgan fingerprint density at radius 3 is 2.60 bits per heavy atom. The Hall–Kier alpha value is -4.66. The first-order valence-corrected chi connectivity index (χ1v) is 10.9. The summed E-state index contributed by atoms with van der Waals surface area (Å²) in [6, 6.07) is 13.1. The second-order valence-electron chi connectivity index (χ2n) is 8.43. The Morgan fingerprint density at radius 1 is 0.886 bits per heavy atom. The Bertz CT molecular complexity index is 1720. The van der Waals surface area contributed by atoms with Gasteiger partial charge in [0.25, 0.3) is 0 Å². The smallest absolute Gasteiger partial charge is 0.159 e. The number of hydrogen-bond donors (Lipinski definition) is 2. The number of aromatic nitrogens is 6. The van der Waals surface area contributed by atoms with Crippen LogP contribution in [0.15, 0.2) is 67.1 Å². The molecule has 0 unspecified atom stereocenters. The van der Waals surface area contributed by atoms with E-state index in [9.17, 15) is 4.39 Å². The minimum atomic E-state index is -0.382. The summed E-state index contributed by atoms with van der Waals surface area (Å²) in [5, 5.41) is 8.01. The standard InChI is InChI=1S/C26H19F2N7/c1-35(2)17-9-15(12-29-13-17)18-10-19-22(11-20(18)28)33-34-24(19)26-31-21-6-7-30-23(25(21)32-26)14-4-3-5-16(27)8-14/h3-13H,1-2H3,(H,31,32)(H,33,34). The van der Waals surface area contributed by atoms with Gasteiger partial charge >= 0.3 is 0 Å². The lowest BCUT2D eigenvalue weighted by molar-refractivity contribution is 0.628. The number of imidazole rings is 1. The summed E-state index contributed by atoms with van der Waals surface area (Å²) < 4.78 is 28.9. The largest absolute Gasteiger partial charge is 0.376 e. The number of fused-ring (bicyclic) bond motifs is 2. The van der Waals surface area contributed by atoms with E-state index < -0.39 is 0 Å². The summed E-state index contributed by atoms with van der Waals surface area (Å²) in [7, 11) is 3.81. The molecule has 2 N–H and O–H groups in total. The van der Waals surface area contributed by atoms with Gasteiger partial charge < -0.3 is 9.88 Å². The third kappa shape index (κ3) is 3.57. The van der Waals surface area contributed by atoms with Crippen molar-refractivity contribution in [3.05, 3.63) is 78.8 Å². The maximum Gasteiger partial charge on any atom is 0.159 e. The zero-order chi connectivity index (χ0) is 24.1. The van der Waals surface area contributed by atoms with E-state index in [-0.39, 0.29) is 11.6 Å². The Balaban J connectivity index is 1.51. The van der Waals surface area contributed by atoms with Gasteiger partial charge in [0.2, 0.25) is 0 Å². The number of H-pyrrole nitrogens is 2. The van der Waals surface area contributed by atoms with Crippen LogP contribution >= 0.6 is 0 Å². The van der Waals surface area contributed by atoms with Gasteiger partial charge in [0.15, 0.2) is 5.82 Å². The molecule has 4 heterocycles. The molecule has 172 valence electrons. The number of nitrogens with zero attached hydrogens (tertiary/aromatic N) is 5. The van der Waals surface area contributed by atoms with Crippen LogP contribution in [-0.4, -0.2) is 44.2 Å². The highest BCUT2D eigenvalue weighted by Crippen LogP contribution is 2.34. The van der Waals surface area contributed by atoms with E-state index in [2.05, 4.69) is 25.1 Å². The molecule has 0 saturated heterocycles. The molecule has 0 atom stereocenters. The maximum atomic E-state index is 15.0. The van der Waals surface area contributed by atoms with Gasteiger partial charge in [0.1, 0.15) is 22.8 Å². The second-order valence-corrected chi connectivity index (χ2v) is 8.43. The van der Waals surface area contributed by atoms with Crippen LogP contribution in [0, 0.1) is 11.6 Å². The molecule has 6 rings (SSSR count). The van der Waals surface area contributed by atoms with Crippen LogP contribution in [0.4, 0.5) is 14.5 Å². The third-order valence-corrected chi connectivity index (χ3v) is 5.92. The van der Waals surface area contributed by atoms with Crippen molar-refractivity contribution in [1.29, 1.82) is 0 Å². The highest BCUT2D eigenvalue weighted by Gasteiger charge is 2.18. The summed E-state index contributed by atoms with van der Waals surface area (Å²) in [4.78, 5) is 18.6. The molecule has 0 bridgehead atoms. The summed E-state index contributed by atoms with van der Waals surface area (Å²) in [5.74, 6) is -0.236. The van der Waals surface area contributed by atoms with Crippen LogP contribution < -0.4 is 4.90 Å². The van der Waals surface area contributed by atoms with Gasteiger partial charge in [0.05, 0.1) is 28.6 Å².